The van der Waals surface area contributed by atoms with Gasteiger partial charge < -0.3 is 20.7 Å². The molecular formula is C17H34N4O2. The van der Waals surface area contributed by atoms with E-state index in [2.05, 4.69) is 22.1 Å². The number of likely N-dealkylation sites (tertiary alicyclic amines) is 1. The highest BCUT2D eigenvalue weighted by atomic mass is 16.6. The molecule has 1 aliphatic rings. The predicted octanol–water partition coefficient (Wildman–Crippen LogP) is 2.87. The largest absolute Gasteiger partial charge is 0.444 e. The van der Waals surface area contributed by atoms with Crippen molar-refractivity contribution in [2.45, 2.75) is 77.9 Å². The van der Waals surface area contributed by atoms with Crippen LogP contribution in [0, 0.1) is 0 Å². The number of nitrogens with one attached hydrogen (secondary N) is 1. The molecular weight excluding hydrogens is 292 g/mol. The molecule has 1 saturated heterocycles. The van der Waals surface area contributed by atoms with Crippen LogP contribution in [0.15, 0.2) is 4.99 Å². The summed E-state index contributed by atoms with van der Waals surface area (Å²) in [7, 11) is 0. The quantitative estimate of drug-likeness (QED) is 0.581. The lowest BCUT2D eigenvalue weighted by Gasteiger charge is -2.28. The van der Waals surface area contributed by atoms with E-state index >= 15 is 0 Å². The lowest BCUT2D eigenvalue weighted by Crippen LogP contribution is -2.43. The summed E-state index contributed by atoms with van der Waals surface area (Å²) in [5, 5.41) is 2.81. The van der Waals surface area contributed by atoms with E-state index in [1.807, 2.05) is 20.8 Å². The highest BCUT2D eigenvalue weighted by Crippen LogP contribution is 2.11. The lowest BCUT2D eigenvalue weighted by molar-refractivity contribution is 0.0524. The second-order valence-corrected chi connectivity index (χ2v) is 7.21. The smallest absolute Gasteiger partial charge is 0.407 e. The number of carbonyl (C=O) groups is 1. The maximum Gasteiger partial charge on any atom is 0.407 e. The van der Waals surface area contributed by atoms with Crippen LogP contribution in [0.5, 0.6) is 0 Å². The minimum absolute atomic E-state index is 0.00407. The van der Waals surface area contributed by atoms with Gasteiger partial charge in [0.1, 0.15) is 5.60 Å². The van der Waals surface area contributed by atoms with Crippen molar-refractivity contribution in [2.75, 3.05) is 19.6 Å². The lowest BCUT2D eigenvalue weighted by atomic mass is 10.1. The molecule has 3 N–H and O–H groups in total. The molecule has 1 aliphatic heterocycles. The molecule has 1 atom stereocenters. The van der Waals surface area contributed by atoms with Gasteiger partial charge in [-0.25, -0.2) is 9.79 Å². The van der Waals surface area contributed by atoms with Crippen molar-refractivity contribution in [2.24, 2.45) is 10.7 Å². The first-order valence-electron chi connectivity index (χ1n) is 8.87. The molecule has 0 aromatic rings. The van der Waals surface area contributed by atoms with Gasteiger partial charge in [0, 0.05) is 19.6 Å². The molecule has 0 radical (unpaired) electrons. The van der Waals surface area contributed by atoms with Crippen molar-refractivity contribution in [1.82, 2.24) is 10.2 Å². The number of nitrogens with zero attached hydrogens (tertiary/aromatic N) is 2. The molecule has 1 amide bonds. The Kier molecular flexibility index (Phi) is 8.20. The third-order valence-electron chi connectivity index (χ3n) is 3.77. The molecule has 134 valence electrons. The maximum absolute atomic E-state index is 11.8. The summed E-state index contributed by atoms with van der Waals surface area (Å²) in [4.78, 5) is 18.6. The fraction of sp³-hybridized carbons (Fsp3) is 0.882. The number of ether oxygens (including phenoxy) is 1. The van der Waals surface area contributed by atoms with Gasteiger partial charge in [-0.05, 0) is 46.5 Å². The summed E-state index contributed by atoms with van der Waals surface area (Å²) in [6.07, 6.45) is 6.30. The van der Waals surface area contributed by atoms with Crippen LogP contribution in [0.3, 0.4) is 0 Å². The fourth-order valence-electron chi connectivity index (χ4n) is 2.56. The highest BCUT2D eigenvalue weighted by molar-refractivity contribution is 5.78. The Balaban J connectivity index is 2.55. The molecule has 23 heavy (non-hydrogen) atoms. The number of carbonyl (C=O) groups excluding carboxylic acids is 1. The normalized spacial score (nSPS) is 17.7. The van der Waals surface area contributed by atoms with Crippen molar-refractivity contribution in [3.05, 3.63) is 0 Å². The molecule has 0 spiro atoms. The summed E-state index contributed by atoms with van der Waals surface area (Å²) >= 11 is 0. The summed E-state index contributed by atoms with van der Waals surface area (Å²) in [6.45, 7) is 10.1. The number of unbranched alkanes of at least 4 members (excludes halogenated alkanes) is 1. The summed E-state index contributed by atoms with van der Waals surface area (Å²) in [6, 6.07) is 0.00407. The average Bonchev–Trinajstić information content (AvgIpc) is 2.49. The molecule has 0 bridgehead atoms. The molecule has 1 rings (SSSR count). The van der Waals surface area contributed by atoms with Crippen molar-refractivity contribution < 1.29 is 9.53 Å². The molecule has 0 aromatic carbocycles. The molecule has 0 aromatic heterocycles. The van der Waals surface area contributed by atoms with E-state index in [1.54, 1.807) is 0 Å². The first-order valence-corrected chi connectivity index (χ1v) is 8.87. The van der Waals surface area contributed by atoms with Crippen LogP contribution < -0.4 is 11.1 Å². The van der Waals surface area contributed by atoms with Gasteiger partial charge in [0.2, 0.25) is 0 Å². The Morgan fingerprint density at radius 2 is 1.96 bits per heavy atom. The third kappa shape index (κ3) is 8.67. The number of amides is 1. The standard InChI is InChI=1S/C17H34N4O2/c1-5-6-10-14(13-19-16(22)23-17(2,3)4)20-15(18)21-11-8-7-9-12-21/h14H,5-13H2,1-4H3,(H2,18,20)(H,19,22). The number of nitrogens with two attached hydrogens (primary N) is 1. The van der Waals surface area contributed by atoms with Crippen LogP contribution >= 0.6 is 0 Å². The molecule has 0 saturated carbocycles. The molecule has 6 nitrogen and oxygen atoms in total. The van der Waals surface area contributed by atoms with Gasteiger partial charge in [-0.1, -0.05) is 19.8 Å². The second kappa shape index (κ2) is 9.63. The zero-order chi connectivity index (χ0) is 17.3. The zero-order valence-electron chi connectivity index (χ0n) is 15.2. The number of aliphatic imine (C=N–C) groups is 1. The van der Waals surface area contributed by atoms with Gasteiger partial charge in [-0.15, -0.1) is 0 Å². The molecule has 1 unspecified atom stereocenters. The number of hydrogen-bond acceptors (Lipinski definition) is 3. The van der Waals surface area contributed by atoms with E-state index in [-0.39, 0.29) is 6.04 Å². The Labute approximate surface area is 140 Å². The van der Waals surface area contributed by atoms with Crippen molar-refractivity contribution >= 4 is 12.1 Å². The number of piperidine rings is 1. The minimum Gasteiger partial charge on any atom is -0.444 e. The first-order chi connectivity index (χ1) is 10.8. The molecule has 1 heterocycles. The Hall–Kier alpha value is -1.46. The predicted molar refractivity (Wildman–Crippen MR) is 94.6 cm³/mol. The van der Waals surface area contributed by atoms with Crippen LogP contribution in [0.25, 0.3) is 0 Å². The van der Waals surface area contributed by atoms with Crippen LogP contribution in [-0.4, -0.2) is 48.2 Å². The van der Waals surface area contributed by atoms with Crippen LogP contribution in [0.4, 0.5) is 4.79 Å². The van der Waals surface area contributed by atoms with E-state index in [0.717, 1.165) is 32.4 Å². The minimum atomic E-state index is -0.487. The monoisotopic (exact) mass is 326 g/mol. The number of rotatable bonds is 6. The van der Waals surface area contributed by atoms with Crippen LogP contribution in [0.2, 0.25) is 0 Å². The first kappa shape index (κ1) is 19.6. The Morgan fingerprint density at radius 1 is 1.30 bits per heavy atom. The highest BCUT2D eigenvalue weighted by Gasteiger charge is 2.18. The van der Waals surface area contributed by atoms with E-state index in [0.29, 0.717) is 12.5 Å². The Bertz CT molecular complexity index is 385. The van der Waals surface area contributed by atoms with E-state index < -0.39 is 11.7 Å². The van der Waals surface area contributed by atoms with E-state index in [1.165, 1.54) is 19.3 Å². The molecule has 6 heteroatoms. The van der Waals surface area contributed by atoms with Crippen LogP contribution in [-0.2, 0) is 4.74 Å². The zero-order valence-corrected chi connectivity index (χ0v) is 15.2. The second-order valence-electron chi connectivity index (χ2n) is 7.21. The van der Waals surface area contributed by atoms with Gasteiger partial charge in [0.05, 0.1) is 6.04 Å². The Morgan fingerprint density at radius 3 is 2.52 bits per heavy atom. The summed E-state index contributed by atoms with van der Waals surface area (Å²) < 4.78 is 5.27. The van der Waals surface area contributed by atoms with Gasteiger partial charge >= 0.3 is 6.09 Å². The third-order valence-corrected chi connectivity index (χ3v) is 3.77. The average molecular weight is 326 g/mol. The topological polar surface area (TPSA) is 79.9 Å². The number of guanidine groups is 1. The number of alkyl carbamates (subject to hydrolysis) is 1. The molecule has 0 aliphatic carbocycles. The van der Waals surface area contributed by atoms with E-state index in [9.17, 15) is 4.79 Å². The molecule has 1 fully saturated rings. The maximum atomic E-state index is 11.8. The van der Waals surface area contributed by atoms with Crippen molar-refractivity contribution in [3.63, 3.8) is 0 Å². The summed E-state index contributed by atoms with van der Waals surface area (Å²) in [5.41, 5.74) is 5.67. The van der Waals surface area contributed by atoms with Gasteiger partial charge in [-0.3, -0.25) is 0 Å². The number of hydrogen-bond donors (Lipinski definition) is 2. The van der Waals surface area contributed by atoms with Crippen LogP contribution in [0.1, 0.15) is 66.2 Å². The van der Waals surface area contributed by atoms with E-state index in [4.69, 9.17) is 10.5 Å². The fourth-order valence-corrected chi connectivity index (χ4v) is 2.56. The SMILES string of the molecule is CCCCC(CNC(=O)OC(C)(C)C)N=C(N)N1CCCCC1. The van der Waals surface area contributed by atoms with Gasteiger partial charge in [-0.2, -0.15) is 0 Å². The van der Waals surface area contributed by atoms with Crippen molar-refractivity contribution in [3.8, 4) is 0 Å². The van der Waals surface area contributed by atoms with Gasteiger partial charge in [0.15, 0.2) is 5.96 Å². The van der Waals surface area contributed by atoms with Gasteiger partial charge in [0.25, 0.3) is 0 Å². The van der Waals surface area contributed by atoms with Crippen molar-refractivity contribution in [1.29, 1.82) is 0 Å². The summed E-state index contributed by atoms with van der Waals surface area (Å²) in [5.74, 6) is 0.608.